The van der Waals surface area contributed by atoms with Crippen LogP contribution in [0.15, 0.2) is 23.2 Å². The molecule has 3 N–H and O–H groups in total. The van der Waals surface area contributed by atoms with Crippen LogP contribution in [-0.4, -0.2) is 19.4 Å². The monoisotopic (exact) mass is 257 g/mol. The smallest absolute Gasteiger partial charge is 0.242 e. The van der Waals surface area contributed by atoms with Gasteiger partial charge >= 0.3 is 0 Å². The number of pyridine rings is 1. The highest BCUT2D eigenvalue weighted by Crippen LogP contribution is 2.13. The fourth-order valence-electron chi connectivity index (χ4n) is 1.51. The average Bonchev–Trinajstić information content (AvgIpc) is 2.26. The lowest BCUT2D eigenvalue weighted by atomic mass is 10.0. The third kappa shape index (κ3) is 3.67. The topological polar surface area (TPSA) is 85.1 Å². The molecule has 0 saturated heterocycles. The van der Waals surface area contributed by atoms with Crippen molar-refractivity contribution in [3.05, 3.63) is 18.3 Å². The molecule has 1 rings (SSSR count). The van der Waals surface area contributed by atoms with Crippen molar-refractivity contribution in [2.45, 2.75) is 38.1 Å². The Bertz CT molecular complexity index is 454. The first-order valence-corrected chi connectivity index (χ1v) is 7.09. The molecule has 0 bridgehead atoms. The second kappa shape index (κ2) is 5.46. The molecule has 0 saturated carbocycles. The highest BCUT2D eigenvalue weighted by atomic mass is 32.2. The van der Waals surface area contributed by atoms with Crippen LogP contribution < -0.4 is 10.5 Å². The molecule has 0 aliphatic heterocycles. The number of hydrogen-bond donors (Lipinski definition) is 2. The molecule has 0 spiro atoms. The van der Waals surface area contributed by atoms with Crippen LogP contribution in [0.2, 0.25) is 0 Å². The van der Waals surface area contributed by atoms with E-state index in [0.717, 1.165) is 6.42 Å². The van der Waals surface area contributed by atoms with Crippen LogP contribution in [0.1, 0.15) is 27.2 Å². The zero-order valence-corrected chi connectivity index (χ0v) is 11.2. The van der Waals surface area contributed by atoms with Crippen molar-refractivity contribution in [1.29, 1.82) is 0 Å². The molecule has 1 aromatic rings. The first kappa shape index (κ1) is 13.9. The Labute approximate surface area is 102 Å². The van der Waals surface area contributed by atoms with Crippen molar-refractivity contribution in [1.82, 2.24) is 9.71 Å². The SMILES string of the molecule is CCC(NS(=O)(=O)c1ccc(N)nc1)C(C)C. The number of rotatable bonds is 5. The van der Waals surface area contributed by atoms with E-state index in [4.69, 9.17) is 5.73 Å². The standard InChI is InChI=1S/C11H19N3O2S/c1-4-10(8(2)3)14-17(15,16)9-5-6-11(12)13-7-9/h5-8,10,14H,4H2,1-3H3,(H2,12,13). The summed E-state index contributed by atoms with van der Waals surface area (Å²) in [6.45, 7) is 5.92. The van der Waals surface area contributed by atoms with Gasteiger partial charge in [0.05, 0.1) is 0 Å². The van der Waals surface area contributed by atoms with Crippen molar-refractivity contribution >= 4 is 15.8 Å². The molecule has 0 aliphatic carbocycles. The molecule has 6 heteroatoms. The van der Waals surface area contributed by atoms with Gasteiger partial charge in [-0.05, 0) is 24.5 Å². The third-order valence-corrected chi connectivity index (χ3v) is 4.10. The Morgan fingerprint density at radius 1 is 1.41 bits per heavy atom. The molecule has 0 radical (unpaired) electrons. The van der Waals surface area contributed by atoms with Crippen LogP contribution in [0.4, 0.5) is 5.82 Å². The van der Waals surface area contributed by atoms with Crippen LogP contribution in [0.25, 0.3) is 0 Å². The van der Waals surface area contributed by atoms with Crippen LogP contribution in [0.3, 0.4) is 0 Å². The van der Waals surface area contributed by atoms with E-state index in [2.05, 4.69) is 9.71 Å². The lowest BCUT2D eigenvalue weighted by molar-refractivity contribution is 0.437. The Balaban J connectivity index is 2.92. The highest BCUT2D eigenvalue weighted by molar-refractivity contribution is 7.89. The minimum Gasteiger partial charge on any atom is -0.384 e. The van der Waals surface area contributed by atoms with Gasteiger partial charge in [-0.2, -0.15) is 0 Å². The molecule has 5 nitrogen and oxygen atoms in total. The minimum atomic E-state index is -3.50. The number of aromatic nitrogens is 1. The van der Waals surface area contributed by atoms with Gasteiger partial charge in [-0.1, -0.05) is 20.8 Å². The first-order valence-electron chi connectivity index (χ1n) is 5.60. The van der Waals surface area contributed by atoms with Gasteiger partial charge in [-0.25, -0.2) is 18.1 Å². The number of nitrogens with one attached hydrogen (secondary N) is 1. The number of hydrogen-bond acceptors (Lipinski definition) is 4. The maximum Gasteiger partial charge on any atom is 0.242 e. The van der Waals surface area contributed by atoms with E-state index in [0.29, 0.717) is 5.82 Å². The summed E-state index contributed by atoms with van der Waals surface area (Å²) < 4.78 is 26.7. The molecule has 0 aliphatic rings. The average molecular weight is 257 g/mol. The zero-order valence-electron chi connectivity index (χ0n) is 10.3. The molecule has 0 aromatic carbocycles. The summed E-state index contributed by atoms with van der Waals surface area (Å²) in [6, 6.07) is 2.86. The fourth-order valence-corrected chi connectivity index (χ4v) is 2.92. The van der Waals surface area contributed by atoms with Gasteiger partial charge in [-0.15, -0.1) is 0 Å². The molecule has 1 unspecified atom stereocenters. The lowest BCUT2D eigenvalue weighted by Crippen LogP contribution is -2.38. The van der Waals surface area contributed by atoms with E-state index in [9.17, 15) is 8.42 Å². The van der Waals surface area contributed by atoms with Crippen molar-refractivity contribution in [2.24, 2.45) is 5.92 Å². The molecular formula is C11H19N3O2S. The minimum absolute atomic E-state index is 0.0717. The number of nitrogen functional groups attached to an aromatic ring is 1. The van der Waals surface area contributed by atoms with E-state index in [1.54, 1.807) is 0 Å². The lowest BCUT2D eigenvalue weighted by Gasteiger charge is -2.20. The summed E-state index contributed by atoms with van der Waals surface area (Å²) in [7, 11) is -3.50. The van der Waals surface area contributed by atoms with Crippen LogP contribution in [0.5, 0.6) is 0 Å². The second-order valence-electron chi connectivity index (χ2n) is 4.30. The Morgan fingerprint density at radius 2 is 2.06 bits per heavy atom. The molecule has 1 atom stereocenters. The summed E-state index contributed by atoms with van der Waals surface area (Å²) in [5, 5.41) is 0. The molecular weight excluding hydrogens is 238 g/mol. The van der Waals surface area contributed by atoms with E-state index < -0.39 is 10.0 Å². The largest absolute Gasteiger partial charge is 0.384 e. The second-order valence-corrected chi connectivity index (χ2v) is 6.01. The number of sulfonamides is 1. The predicted octanol–water partition coefficient (Wildman–Crippen LogP) is 1.38. The van der Waals surface area contributed by atoms with Gasteiger partial charge in [0.1, 0.15) is 10.7 Å². The Kier molecular flexibility index (Phi) is 4.47. The van der Waals surface area contributed by atoms with Crippen molar-refractivity contribution in [2.75, 3.05) is 5.73 Å². The summed E-state index contributed by atoms with van der Waals surface area (Å²) >= 11 is 0. The van der Waals surface area contributed by atoms with Crippen LogP contribution >= 0.6 is 0 Å². The fraction of sp³-hybridized carbons (Fsp3) is 0.545. The van der Waals surface area contributed by atoms with Gasteiger partial charge in [0.2, 0.25) is 10.0 Å². The Morgan fingerprint density at radius 3 is 2.47 bits per heavy atom. The number of nitrogens with two attached hydrogens (primary N) is 1. The molecule has 0 fully saturated rings. The number of anilines is 1. The van der Waals surface area contributed by atoms with Gasteiger partial charge in [0.15, 0.2) is 0 Å². The zero-order chi connectivity index (χ0) is 13.1. The molecule has 96 valence electrons. The van der Waals surface area contributed by atoms with Crippen molar-refractivity contribution in [3.8, 4) is 0 Å². The summed E-state index contributed by atoms with van der Waals surface area (Å²) in [5.74, 6) is 0.552. The maximum atomic E-state index is 12.0. The van der Waals surface area contributed by atoms with Crippen molar-refractivity contribution in [3.63, 3.8) is 0 Å². The van der Waals surface area contributed by atoms with Gasteiger partial charge in [0.25, 0.3) is 0 Å². The normalized spacial score (nSPS) is 13.9. The van der Waals surface area contributed by atoms with Gasteiger partial charge in [0, 0.05) is 12.2 Å². The highest BCUT2D eigenvalue weighted by Gasteiger charge is 2.21. The molecule has 17 heavy (non-hydrogen) atoms. The summed E-state index contributed by atoms with van der Waals surface area (Å²) in [4.78, 5) is 3.93. The van der Waals surface area contributed by atoms with Crippen molar-refractivity contribution < 1.29 is 8.42 Å². The predicted molar refractivity (Wildman–Crippen MR) is 67.9 cm³/mol. The molecule has 1 heterocycles. The van der Waals surface area contributed by atoms with Gasteiger partial charge < -0.3 is 5.73 Å². The van der Waals surface area contributed by atoms with Crippen LogP contribution in [0, 0.1) is 5.92 Å². The van der Waals surface area contributed by atoms with E-state index in [-0.39, 0.29) is 16.9 Å². The van der Waals surface area contributed by atoms with E-state index in [1.807, 2.05) is 20.8 Å². The van der Waals surface area contributed by atoms with Gasteiger partial charge in [-0.3, -0.25) is 0 Å². The van der Waals surface area contributed by atoms with E-state index in [1.165, 1.54) is 18.3 Å². The van der Waals surface area contributed by atoms with Crippen LogP contribution in [-0.2, 0) is 10.0 Å². The maximum absolute atomic E-state index is 12.0. The first-order chi connectivity index (χ1) is 7.86. The number of nitrogens with zero attached hydrogens (tertiary/aromatic N) is 1. The summed E-state index contributed by atoms with van der Waals surface area (Å²) in [6.07, 6.45) is 2.02. The quantitative estimate of drug-likeness (QED) is 0.834. The summed E-state index contributed by atoms with van der Waals surface area (Å²) in [5.41, 5.74) is 5.42. The molecule has 1 aromatic heterocycles. The molecule has 0 amide bonds. The third-order valence-electron chi connectivity index (χ3n) is 2.62. The van der Waals surface area contributed by atoms with E-state index >= 15 is 0 Å². The Hall–Kier alpha value is -1.14.